The van der Waals surface area contributed by atoms with Crippen LogP contribution >= 0.6 is 0 Å². The van der Waals surface area contributed by atoms with Gasteiger partial charge in [0, 0.05) is 18.7 Å². The number of ether oxygens (including phenoxy) is 1. The summed E-state index contributed by atoms with van der Waals surface area (Å²) in [5.41, 5.74) is 1.10. The Balaban J connectivity index is 2.29. The second-order valence-corrected chi connectivity index (χ2v) is 4.42. The summed E-state index contributed by atoms with van der Waals surface area (Å²) in [5.74, 6) is -1.52. The maximum atomic E-state index is 13.8. The van der Waals surface area contributed by atoms with Crippen molar-refractivity contribution >= 4 is 0 Å². The highest BCUT2D eigenvalue weighted by atomic mass is 19.2. The van der Waals surface area contributed by atoms with E-state index in [2.05, 4.69) is 5.32 Å². The second kappa shape index (κ2) is 5.56. The van der Waals surface area contributed by atoms with Gasteiger partial charge in [-0.05, 0) is 37.1 Å². The van der Waals surface area contributed by atoms with Gasteiger partial charge in [0.05, 0.1) is 6.61 Å². The molecule has 0 aromatic heterocycles. The van der Waals surface area contributed by atoms with Crippen molar-refractivity contribution in [1.82, 2.24) is 5.32 Å². The fourth-order valence-electron chi connectivity index (χ4n) is 2.29. The van der Waals surface area contributed by atoms with Crippen LogP contribution in [0.3, 0.4) is 0 Å². The van der Waals surface area contributed by atoms with Crippen molar-refractivity contribution in [2.45, 2.75) is 31.9 Å². The van der Waals surface area contributed by atoms with Crippen molar-refractivity contribution in [3.05, 3.63) is 34.9 Å². The van der Waals surface area contributed by atoms with E-state index in [0.29, 0.717) is 17.7 Å². The Kier molecular flexibility index (Phi) is 4.07. The van der Waals surface area contributed by atoms with Crippen LogP contribution in [0.1, 0.15) is 36.4 Å². The third-order valence-electron chi connectivity index (χ3n) is 3.11. The van der Waals surface area contributed by atoms with Gasteiger partial charge in [-0.2, -0.15) is 0 Å². The first-order valence-corrected chi connectivity index (χ1v) is 5.92. The van der Waals surface area contributed by atoms with Gasteiger partial charge in [-0.3, -0.25) is 0 Å². The van der Waals surface area contributed by atoms with Crippen LogP contribution < -0.4 is 5.32 Å². The summed E-state index contributed by atoms with van der Waals surface area (Å²) < 4.78 is 32.2. The van der Waals surface area contributed by atoms with E-state index in [4.69, 9.17) is 4.74 Å². The van der Waals surface area contributed by atoms with Crippen LogP contribution in [0, 0.1) is 11.6 Å². The minimum atomic E-state index is -0.790. The van der Waals surface area contributed by atoms with Gasteiger partial charge in [0.25, 0.3) is 0 Å². The Morgan fingerprint density at radius 3 is 2.82 bits per heavy atom. The van der Waals surface area contributed by atoms with Crippen molar-refractivity contribution in [2.75, 3.05) is 13.7 Å². The molecular weight excluding hydrogens is 224 g/mol. The molecule has 0 spiro atoms. The van der Waals surface area contributed by atoms with Crippen molar-refractivity contribution in [3.8, 4) is 0 Å². The molecule has 4 heteroatoms. The van der Waals surface area contributed by atoms with E-state index in [1.165, 1.54) is 6.07 Å². The molecule has 2 rings (SSSR count). The lowest BCUT2D eigenvalue weighted by atomic mass is 9.95. The molecule has 0 bridgehead atoms. The Bertz CT molecular complexity index is 389. The number of methoxy groups -OCH3 is 1. The summed E-state index contributed by atoms with van der Waals surface area (Å²) in [5, 5.41) is 3.23. The molecule has 1 aliphatic heterocycles. The molecule has 0 aliphatic carbocycles. The maximum absolute atomic E-state index is 13.8. The zero-order chi connectivity index (χ0) is 12.3. The fraction of sp³-hybridized carbons (Fsp3) is 0.538. The number of benzene rings is 1. The van der Waals surface area contributed by atoms with Crippen molar-refractivity contribution in [2.24, 2.45) is 0 Å². The molecule has 2 nitrogen and oxygen atoms in total. The van der Waals surface area contributed by atoms with Crippen LogP contribution in [0.15, 0.2) is 12.1 Å². The molecule has 94 valence electrons. The lowest BCUT2D eigenvalue weighted by Gasteiger charge is -2.24. The molecule has 1 aliphatic rings. The minimum absolute atomic E-state index is 0.0740. The Morgan fingerprint density at radius 1 is 1.35 bits per heavy atom. The van der Waals surface area contributed by atoms with Crippen molar-refractivity contribution < 1.29 is 13.5 Å². The molecule has 1 heterocycles. The number of halogens is 2. The third kappa shape index (κ3) is 2.82. The highest BCUT2D eigenvalue weighted by molar-refractivity contribution is 5.29. The lowest BCUT2D eigenvalue weighted by molar-refractivity contribution is 0.184. The molecule has 17 heavy (non-hydrogen) atoms. The van der Waals surface area contributed by atoms with E-state index in [9.17, 15) is 8.78 Å². The lowest BCUT2D eigenvalue weighted by Crippen LogP contribution is -2.27. The molecule has 1 unspecified atom stereocenters. The minimum Gasteiger partial charge on any atom is -0.380 e. The number of rotatable bonds is 3. The van der Waals surface area contributed by atoms with Gasteiger partial charge < -0.3 is 10.1 Å². The Morgan fingerprint density at radius 2 is 2.18 bits per heavy atom. The zero-order valence-corrected chi connectivity index (χ0v) is 9.93. The first-order chi connectivity index (χ1) is 8.22. The van der Waals surface area contributed by atoms with Gasteiger partial charge in [0.15, 0.2) is 11.6 Å². The van der Waals surface area contributed by atoms with E-state index >= 15 is 0 Å². The first-order valence-electron chi connectivity index (χ1n) is 5.92. The molecule has 0 radical (unpaired) electrons. The number of piperidine rings is 1. The summed E-state index contributed by atoms with van der Waals surface area (Å²) >= 11 is 0. The van der Waals surface area contributed by atoms with Gasteiger partial charge in [-0.1, -0.05) is 6.42 Å². The van der Waals surface area contributed by atoms with Crippen LogP contribution in [-0.4, -0.2) is 13.7 Å². The standard InChI is InChI=1S/C13H17F2NO/c1-17-8-9-6-10(13(15)11(14)7-9)12-4-2-3-5-16-12/h6-7,12,16H,2-5,8H2,1H3. The van der Waals surface area contributed by atoms with Gasteiger partial charge >= 0.3 is 0 Å². The summed E-state index contributed by atoms with van der Waals surface area (Å²) in [6, 6.07) is 2.82. The highest BCUT2D eigenvalue weighted by Crippen LogP contribution is 2.27. The number of nitrogens with one attached hydrogen (secondary N) is 1. The Labute approximate surface area is 100.0 Å². The zero-order valence-electron chi connectivity index (χ0n) is 9.93. The van der Waals surface area contributed by atoms with E-state index in [1.807, 2.05) is 0 Å². The molecule has 0 amide bonds. The van der Waals surface area contributed by atoms with Gasteiger partial charge in [0.2, 0.25) is 0 Å². The third-order valence-corrected chi connectivity index (χ3v) is 3.11. The van der Waals surface area contributed by atoms with Gasteiger partial charge in [0.1, 0.15) is 0 Å². The Hall–Kier alpha value is -1.00. The van der Waals surface area contributed by atoms with E-state index in [0.717, 1.165) is 25.8 Å². The monoisotopic (exact) mass is 241 g/mol. The largest absolute Gasteiger partial charge is 0.380 e. The fourth-order valence-corrected chi connectivity index (χ4v) is 2.29. The predicted octanol–water partition coefficient (Wildman–Crippen LogP) is 2.93. The van der Waals surface area contributed by atoms with Crippen LogP contribution in [0.4, 0.5) is 8.78 Å². The van der Waals surface area contributed by atoms with Crippen molar-refractivity contribution in [3.63, 3.8) is 0 Å². The molecule has 1 aromatic rings. The van der Waals surface area contributed by atoms with Crippen molar-refractivity contribution in [1.29, 1.82) is 0 Å². The summed E-state index contributed by atoms with van der Waals surface area (Å²) in [7, 11) is 1.54. The predicted molar refractivity (Wildman–Crippen MR) is 61.7 cm³/mol. The van der Waals surface area contributed by atoms with E-state index < -0.39 is 11.6 Å². The van der Waals surface area contributed by atoms with Crippen LogP contribution in [0.5, 0.6) is 0 Å². The van der Waals surface area contributed by atoms with Gasteiger partial charge in [-0.25, -0.2) is 8.78 Å². The smallest absolute Gasteiger partial charge is 0.163 e. The molecule has 1 atom stereocenters. The van der Waals surface area contributed by atoms with Crippen LogP contribution in [-0.2, 0) is 11.3 Å². The molecule has 1 saturated heterocycles. The maximum Gasteiger partial charge on any atom is 0.163 e. The molecular formula is C13H17F2NO. The number of hydrogen-bond donors (Lipinski definition) is 1. The first kappa shape index (κ1) is 12.5. The molecule has 1 fully saturated rings. The topological polar surface area (TPSA) is 21.3 Å². The van der Waals surface area contributed by atoms with Gasteiger partial charge in [-0.15, -0.1) is 0 Å². The normalized spacial score (nSPS) is 20.5. The average Bonchev–Trinajstić information content (AvgIpc) is 2.35. The van der Waals surface area contributed by atoms with Crippen LogP contribution in [0.2, 0.25) is 0 Å². The molecule has 1 aromatic carbocycles. The molecule has 1 N–H and O–H groups in total. The average molecular weight is 241 g/mol. The van der Waals surface area contributed by atoms with E-state index in [1.54, 1.807) is 13.2 Å². The van der Waals surface area contributed by atoms with E-state index in [-0.39, 0.29) is 6.04 Å². The SMILES string of the molecule is COCc1cc(F)c(F)c(C2CCCCN2)c1. The second-order valence-electron chi connectivity index (χ2n) is 4.42. The summed E-state index contributed by atoms with van der Waals surface area (Å²) in [6.07, 6.45) is 3.00. The quantitative estimate of drug-likeness (QED) is 0.878. The summed E-state index contributed by atoms with van der Waals surface area (Å²) in [6.45, 7) is 1.16. The molecule has 0 saturated carbocycles. The number of hydrogen-bond acceptors (Lipinski definition) is 2. The highest BCUT2D eigenvalue weighted by Gasteiger charge is 2.21. The summed E-state index contributed by atoms with van der Waals surface area (Å²) in [4.78, 5) is 0. The van der Waals surface area contributed by atoms with Crippen LogP contribution in [0.25, 0.3) is 0 Å².